The van der Waals surface area contributed by atoms with E-state index in [9.17, 15) is 4.57 Å². The zero-order valence-electron chi connectivity index (χ0n) is 13.5. The van der Waals surface area contributed by atoms with E-state index in [0.29, 0.717) is 0 Å². The number of rotatable bonds is 1. The summed E-state index contributed by atoms with van der Waals surface area (Å²) in [4.78, 5) is 4.69. The largest absolute Gasteiger partial charge is 0.307 e. The third kappa shape index (κ3) is 2.02. The predicted molar refractivity (Wildman–Crippen MR) is 96.8 cm³/mol. The first kappa shape index (κ1) is 14.4. The fourth-order valence-electron chi connectivity index (χ4n) is 3.25. The van der Waals surface area contributed by atoms with Crippen LogP contribution in [0.3, 0.4) is 0 Å². The summed E-state index contributed by atoms with van der Waals surface area (Å²) in [6.07, 6.45) is 0. The van der Waals surface area contributed by atoms with Crippen molar-refractivity contribution < 1.29 is 4.57 Å². The van der Waals surface area contributed by atoms with Gasteiger partial charge in [0.05, 0.1) is 0 Å². The van der Waals surface area contributed by atoms with Crippen molar-refractivity contribution in [1.82, 2.24) is 4.98 Å². The SMILES string of the molecule is Cc1ccc(P2(=O)c3cc(C)ccc3-c3ccc(C)nc32)cc1. The van der Waals surface area contributed by atoms with Crippen LogP contribution in [0.5, 0.6) is 0 Å². The zero-order valence-corrected chi connectivity index (χ0v) is 14.4. The van der Waals surface area contributed by atoms with E-state index in [1.807, 2.05) is 51.1 Å². The lowest BCUT2D eigenvalue weighted by molar-refractivity contribution is 0.592. The molecule has 0 N–H and O–H groups in total. The number of hydrogen-bond acceptors (Lipinski definition) is 2. The second-order valence-electron chi connectivity index (χ2n) is 6.29. The molecular weight excluding hydrogens is 301 g/mol. The van der Waals surface area contributed by atoms with Crippen molar-refractivity contribution in [1.29, 1.82) is 0 Å². The molecule has 0 saturated carbocycles. The molecule has 1 aliphatic heterocycles. The van der Waals surface area contributed by atoms with Crippen LogP contribution in [0.1, 0.15) is 16.8 Å². The van der Waals surface area contributed by atoms with Gasteiger partial charge in [0.1, 0.15) is 5.44 Å². The molecule has 2 aromatic carbocycles. The minimum Gasteiger partial charge on any atom is -0.307 e. The quantitative estimate of drug-likeness (QED) is 0.502. The molecule has 3 heteroatoms. The molecule has 0 saturated heterocycles. The van der Waals surface area contributed by atoms with Crippen molar-refractivity contribution in [3.05, 3.63) is 71.4 Å². The average molecular weight is 319 g/mol. The zero-order chi connectivity index (χ0) is 16.2. The van der Waals surface area contributed by atoms with Gasteiger partial charge in [-0.2, -0.15) is 0 Å². The van der Waals surface area contributed by atoms with Gasteiger partial charge in [-0.25, -0.2) is 4.98 Å². The van der Waals surface area contributed by atoms with Gasteiger partial charge in [-0.15, -0.1) is 0 Å². The van der Waals surface area contributed by atoms with E-state index in [1.54, 1.807) is 0 Å². The number of pyridine rings is 1. The summed E-state index contributed by atoms with van der Waals surface area (Å²) in [5.74, 6) is 0. The molecule has 0 bridgehead atoms. The standard InChI is InChI=1S/C20H18NOP/c1-13-4-8-16(9-5-13)23(22)19-12-14(2)6-10-17(19)18-11-7-15(3)21-20(18)23/h4-12H,1-3H3. The van der Waals surface area contributed by atoms with Gasteiger partial charge in [-0.1, -0.05) is 53.6 Å². The van der Waals surface area contributed by atoms with Crippen molar-refractivity contribution in [3.8, 4) is 11.1 Å². The topological polar surface area (TPSA) is 30.0 Å². The Bertz CT molecular complexity index is 918. The third-order valence-electron chi connectivity index (χ3n) is 4.49. The molecule has 1 aliphatic rings. The first-order chi connectivity index (χ1) is 11.0. The highest BCUT2D eigenvalue weighted by molar-refractivity contribution is 7.86. The highest BCUT2D eigenvalue weighted by atomic mass is 31.2. The van der Waals surface area contributed by atoms with Crippen LogP contribution in [0.4, 0.5) is 0 Å². The summed E-state index contributed by atoms with van der Waals surface area (Å²) in [5.41, 5.74) is 6.00. The highest BCUT2D eigenvalue weighted by Crippen LogP contribution is 2.51. The number of hydrogen-bond donors (Lipinski definition) is 0. The molecule has 1 atom stereocenters. The molecule has 2 nitrogen and oxygen atoms in total. The smallest absolute Gasteiger partial charge is 0.189 e. The Hall–Kier alpha value is -2.18. The molecule has 1 unspecified atom stereocenters. The Kier molecular flexibility index (Phi) is 3.08. The summed E-state index contributed by atoms with van der Waals surface area (Å²) < 4.78 is 14.2. The minimum atomic E-state index is -2.89. The van der Waals surface area contributed by atoms with Gasteiger partial charge < -0.3 is 4.57 Å². The number of nitrogens with zero attached hydrogens (tertiary/aromatic N) is 1. The van der Waals surface area contributed by atoms with Crippen molar-refractivity contribution in [2.24, 2.45) is 0 Å². The van der Waals surface area contributed by atoms with Crippen LogP contribution >= 0.6 is 7.14 Å². The summed E-state index contributed by atoms with van der Waals surface area (Å²) >= 11 is 0. The fraction of sp³-hybridized carbons (Fsp3) is 0.150. The van der Waals surface area contributed by atoms with E-state index in [0.717, 1.165) is 38.4 Å². The maximum Gasteiger partial charge on any atom is 0.189 e. The Labute approximate surface area is 136 Å². The number of benzene rings is 2. The Balaban J connectivity index is 2.10. The minimum absolute atomic E-state index is 0.738. The van der Waals surface area contributed by atoms with Gasteiger partial charge in [0, 0.05) is 21.9 Å². The van der Waals surface area contributed by atoms with Crippen molar-refractivity contribution in [2.75, 3.05) is 0 Å². The fourth-order valence-corrected chi connectivity index (χ4v) is 6.33. The van der Waals surface area contributed by atoms with Crippen LogP contribution in [0.25, 0.3) is 11.1 Å². The van der Waals surface area contributed by atoms with Crippen LogP contribution in [-0.4, -0.2) is 4.98 Å². The van der Waals surface area contributed by atoms with Crippen LogP contribution < -0.4 is 16.0 Å². The number of aryl methyl sites for hydroxylation is 3. The summed E-state index contributed by atoms with van der Waals surface area (Å²) in [6, 6.07) is 18.3. The summed E-state index contributed by atoms with van der Waals surface area (Å²) in [7, 11) is -2.89. The van der Waals surface area contributed by atoms with Gasteiger partial charge in [0.15, 0.2) is 7.14 Å². The van der Waals surface area contributed by atoms with Crippen molar-refractivity contribution in [3.63, 3.8) is 0 Å². The lowest BCUT2D eigenvalue weighted by Crippen LogP contribution is -2.23. The molecule has 0 amide bonds. The van der Waals surface area contributed by atoms with Crippen LogP contribution in [0.15, 0.2) is 54.6 Å². The van der Waals surface area contributed by atoms with E-state index in [-0.39, 0.29) is 0 Å². The second kappa shape index (κ2) is 4.91. The van der Waals surface area contributed by atoms with E-state index in [1.165, 1.54) is 5.56 Å². The van der Waals surface area contributed by atoms with Crippen molar-refractivity contribution >= 4 is 23.2 Å². The summed E-state index contributed by atoms with van der Waals surface area (Å²) in [5, 5.41) is 1.79. The monoisotopic (exact) mass is 319 g/mol. The molecule has 3 aromatic rings. The Morgan fingerprint density at radius 1 is 0.783 bits per heavy atom. The first-order valence-electron chi connectivity index (χ1n) is 7.77. The normalized spacial score (nSPS) is 18.6. The predicted octanol–water partition coefficient (Wildman–Crippen LogP) is 3.63. The first-order valence-corrected chi connectivity index (χ1v) is 9.48. The van der Waals surface area contributed by atoms with Crippen LogP contribution in [-0.2, 0) is 4.57 Å². The van der Waals surface area contributed by atoms with E-state index < -0.39 is 7.14 Å². The number of fused-ring (bicyclic) bond motifs is 3. The van der Waals surface area contributed by atoms with Crippen molar-refractivity contribution in [2.45, 2.75) is 20.8 Å². The maximum atomic E-state index is 14.2. The molecular formula is C20H18NOP. The van der Waals surface area contributed by atoms with E-state index in [4.69, 9.17) is 0 Å². The van der Waals surface area contributed by atoms with E-state index >= 15 is 0 Å². The van der Waals surface area contributed by atoms with E-state index in [2.05, 4.69) is 29.2 Å². The summed E-state index contributed by atoms with van der Waals surface area (Å²) in [6.45, 7) is 6.04. The molecule has 0 radical (unpaired) electrons. The highest BCUT2D eigenvalue weighted by Gasteiger charge is 2.41. The molecule has 114 valence electrons. The molecule has 4 rings (SSSR count). The second-order valence-corrected chi connectivity index (χ2v) is 8.93. The molecule has 0 aliphatic carbocycles. The Morgan fingerprint density at radius 2 is 1.43 bits per heavy atom. The van der Waals surface area contributed by atoms with Gasteiger partial charge in [0.25, 0.3) is 0 Å². The third-order valence-corrected chi connectivity index (χ3v) is 7.50. The Morgan fingerprint density at radius 3 is 2.17 bits per heavy atom. The van der Waals surface area contributed by atoms with Gasteiger partial charge in [0.2, 0.25) is 0 Å². The molecule has 23 heavy (non-hydrogen) atoms. The lowest BCUT2D eigenvalue weighted by atomic mass is 10.1. The number of aromatic nitrogens is 1. The molecule has 1 aromatic heterocycles. The molecule has 0 spiro atoms. The maximum absolute atomic E-state index is 14.2. The lowest BCUT2D eigenvalue weighted by Gasteiger charge is -2.15. The van der Waals surface area contributed by atoms with Crippen LogP contribution in [0, 0.1) is 20.8 Å². The van der Waals surface area contributed by atoms with Gasteiger partial charge in [-0.05, 0) is 38.5 Å². The van der Waals surface area contributed by atoms with Crippen LogP contribution in [0.2, 0.25) is 0 Å². The van der Waals surface area contributed by atoms with Gasteiger partial charge >= 0.3 is 0 Å². The molecule has 2 heterocycles. The van der Waals surface area contributed by atoms with Gasteiger partial charge in [-0.3, -0.25) is 0 Å². The molecule has 0 fully saturated rings. The average Bonchev–Trinajstić information content (AvgIpc) is 2.78.